The molecule has 0 unspecified atom stereocenters. The second-order valence-electron chi connectivity index (χ2n) is 4.00. The third-order valence-electron chi connectivity index (χ3n) is 2.62. The van der Waals surface area contributed by atoms with Crippen molar-refractivity contribution in [1.82, 2.24) is 0 Å². The number of hydrogen-bond acceptors (Lipinski definition) is 3. The quantitative estimate of drug-likeness (QED) is 0.798. The Morgan fingerprint density at radius 1 is 1.15 bits per heavy atom. The maximum atomic E-state index is 11.8. The van der Waals surface area contributed by atoms with Crippen molar-refractivity contribution in [3.8, 4) is 6.07 Å². The summed E-state index contributed by atoms with van der Waals surface area (Å²) in [6.45, 7) is 0.0643. The summed E-state index contributed by atoms with van der Waals surface area (Å²) >= 11 is 11.8. The van der Waals surface area contributed by atoms with Gasteiger partial charge < -0.3 is 4.74 Å². The predicted octanol–water partition coefficient (Wildman–Crippen LogP) is 4.22. The van der Waals surface area contributed by atoms with Crippen LogP contribution in [0.1, 0.15) is 21.5 Å². The molecule has 0 fully saturated rings. The Bertz CT molecular complexity index is 675. The van der Waals surface area contributed by atoms with E-state index in [-0.39, 0.29) is 6.61 Å². The van der Waals surface area contributed by atoms with Crippen molar-refractivity contribution < 1.29 is 9.53 Å². The minimum absolute atomic E-state index is 0.0643. The molecule has 0 amide bonds. The second-order valence-corrected chi connectivity index (χ2v) is 4.84. The summed E-state index contributed by atoms with van der Waals surface area (Å²) in [5.74, 6) is -0.472. The van der Waals surface area contributed by atoms with Crippen LogP contribution in [0, 0.1) is 11.3 Å². The van der Waals surface area contributed by atoms with Crippen molar-refractivity contribution >= 4 is 29.2 Å². The van der Waals surface area contributed by atoms with Crippen LogP contribution in [0.4, 0.5) is 0 Å². The number of ether oxygens (including phenoxy) is 1. The van der Waals surface area contributed by atoms with Crippen LogP contribution in [0.3, 0.4) is 0 Å². The van der Waals surface area contributed by atoms with Gasteiger partial charge in [0.1, 0.15) is 6.61 Å². The molecule has 0 saturated heterocycles. The average Bonchev–Trinajstić information content (AvgIpc) is 2.46. The van der Waals surface area contributed by atoms with Gasteiger partial charge in [0.05, 0.1) is 17.2 Å². The second kappa shape index (κ2) is 6.42. The van der Waals surface area contributed by atoms with Crippen LogP contribution in [-0.4, -0.2) is 5.97 Å². The lowest BCUT2D eigenvalue weighted by Crippen LogP contribution is -2.05. The average molecular weight is 306 g/mol. The van der Waals surface area contributed by atoms with Crippen LogP contribution in [0.15, 0.2) is 42.5 Å². The van der Waals surface area contributed by atoms with Crippen molar-refractivity contribution in [1.29, 1.82) is 5.26 Å². The van der Waals surface area contributed by atoms with Gasteiger partial charge in [-0.3, -0.25) is 0 Å². The lowest BCUT2D eigenvalue weighted by atomic mass is 10.1. The van der Waals surface area contributed by atoms with Gasteiger partial charge in [-0.1, -0.05) is 29.3 Å². The van der Waals surface area contributed by atoms with E-state index in [2.05, 4.69) is 0 Å². The number of halogens is 2. The molecule has 0 aliphatic carbocycles. The highest BCUT2D eigenvalue weighted by molar-refractivity contribution is 6.35. The van der Waals surface area contributed by atoms with Gasteiger partial charge in [-0.15, -0.1) is 0 Å². The fourth-order valence-corrected chi connectivity index (χ4v) is 2.01. The van der Waals surface area contributed by atoms with Crippen LogP contribution < -0.4 is 0 Å². The molecule has 0 saturated carbocycles. The highest BCUT2D eigenvalue weighted by Gasteiger charge is 2.09. The first-order valence-corrected chi connectivity index (χ1v) is 6.47. The standard InChI is InChI=1S/C15H9Cl2NO2/c16-13-6-5-12(14(17)7-13)9-20-15(19)11-3-1-10(8-18)2-4-11/h1-7H,9H2. The van der Waals surface area contributed by atoms with E-state index in [0.717, 1.165) is 0 Å². The normalized spacial score (nSPS) is 9.85. The summed E-state index contributed by atoms with van der Waals surface area (Å²) < 4.78 is 5.16. The number of rotatable bonds is 3. The Kier molecular flexibility index (Phi) is 4.62. The first kappa shape index (κ1) is 14.4. The van der Waals surface area contributed by atoms with E-state index in [0.29, 0.717) is 26.7 Å². The molecule has 2 rings (SSSR count). The molecule has 0 aromatic heterocycles. The fourth-order valence-electron chi connectivity index (χ4n) is 1.55. The number of carbonyl (C=O) groups is 1. The lowest BCUT2D eigenvalue weighted by molar-refractivity contribution is 0.0473. The zero-order valence-electron chi connectivity index (χ0n) is 10.3. The van der Waals surface area contributed by atoms with Gasteiger partial charge in [0.25, 0.3) is 0 Å². The SMILES string of the molecule is N#Cc1ccc(C(=O)OCc2ccc(Cl)cc2Cl)cc1. The predicted molar refractivity (Wildman–Crippen MR) is 76.7 cm³/mol. The molecule has 0 heterocycles. The molecular formula is C15H9Cl2NO2. The molecule has 3 nitrogen and oxygen atoms in total. The molecule has 0 radical (unpaired) electrons. The van der Waals surface area contributed by atoms with Gasteiger partial charge in [0.15, 0.2) is 0 Å². The molecular weight excluding hydrogens is 297 g/mol. The van der Waals surface area contributed by atoms with Crippen LogP contribution in [0.2, 0.25) is 10.0 Å². The first-order valence-electron chi connectivity index (χ1n) is 5.71. The monoisotopic (exact) mass is 305 g/mol. The lowest BCUT2D eigenvalue weighted by Gasteiger charge is -2.07. The Morgan fingerprint density at radius 2 is 1.85 bits per heavy atom. The topological polar surface area (TPSA) is 50.1 Å². The minimum atomic E-state index is -0.472. The molecule has 0 aliphatic rings. The zero-order chi connectivity index (χ0) is 14.5. The maximum absolute atomic E-state index is 11.8. The Hall–Kier alpha value is -2.02. The number of carbonyl (C=O) groups excluding carboxylic acids is 1. The Morgan fingerprint density at radius 3 is 2.45 bits per heavy atom. The number of hydrogen-bond donors (Lipinski definition) is 0. The van der Waals surface area contributed by atoms with E-state index in [1.807, 2.05) is 6.07 Å². The summed E-state index contributed by atoms with van der Waals surface area (Å²) in [7, 11) is 0. The summed E-state index contributed by atoms with van der Waals surface area (Å²) in [6, 6.07) is 13.2. The summed E-state index contributed by atoms with van der Waals surface area (Å²) in [6.07, 6.45) is 0. The van der Waals surface area contributed by atoms with Gasteiger partial charge in [-0.2, -0.15) is 5.26 Å². The van der Waals surface area contributed by atoms with E-state index < -0.39 is 5.97 Å². The summed E-state index contributed by atoms with van der Waals surface area (Å²) in [5.41, 5.74) is 1.55. The van der Waals surface area contributed by atoms with Crippen molar-refractivity contribution in [2.24, 2.45) is 0 Å². The Labute approximate surface area is 126 Å². The van der Waals surface area contributed by atoms with E-state index in [9.17, 15) is 4.79 Å². The molecule has 2 aromatic rings. The smallest absolute Gasteiger partial charge is 0.338 e. The molecule has 2 aromatic carbocycles. The van der Waals surface area contributed by atoms with Crippen LogP contribution in [-0.2, 0) is 11.3 Å². The molecule has 0 aliphatic heterocycles. The summed E-state index contributed by atoms with van der Waals surface area (Å²) in [4.78, 5) is 11.8. The molecule has 0 N–H and O–H groups in total. The first-order chi connectivity index (χ1) is 9.60. The third kappa shape index (κ3) is 3.51. The number of nitriles is 1. The van der Waals surface area contributed by atoms with Gasteiger partial charge in [-0.25, -0.2) is 4.79 Å². The maximum Gasteiger partial charge on any atom is 0.338 e. The van der Waals surface area contributed by atoms with Gasteiger partial charge in [-0.05, 0) is 36.4 Å². The van der Waals surface area contributed by atoms with Crippen molar-refractivity contribution in [3.05, 3.63) is 69.2 Å². The molecule has 100 valence electrons. The Balaban J connectivity index is 2.03. The van der Waals surface area contributed by atoms with Crippen LogP contribution >= 0.6 is 23.2 Å². The molecule has 0 bridgehead atoms. The van der Waals surface area contributed by atoms with Crippen molar-refractivity contribution in [2.75, 3.05) is 0 Å². The molecule has 5 heteroatoms. The van der Waals surface area contributed by atoms with Gasteiger partial charge in [0.2, 0.25) is 0 Å². The van der Waals surface area contributed by atoms with E-state index in [1.54, 1.807) is 42.5 Å². The van der Waals surface area contributed by atoms with E-state index in [4.69, 9.17) is 33.2 Å². The van der Waals surface area contributed by atoms with Gasteiger partial charge >= 0.3 is 5.97 Å². The molecule has 20 heavy (non-hydrogen) atoms. The number of benzene rings is 2. The highest BCUT2D eigenvalue weighted by atomic mass is 35.5. The summed E-state index contributed by atoms with van der Waals surface area (Å²) in [5, 5.41) is 9.65. The zero-order valence-corrected chi connectivity index (χ0v) is 11.8. The van der Waals surface area contributed by atoms with Crippen molar-refractivity contribution in [3.63, 3.8) is 0 Å². The molecule has 0 atom stereocenters. The highest BCUT2D eigenvalue weighted by Crippen LogP contribution is 2.21. The number of esters is 1. The van der Waals surface area contributed by atoms with E-state index in [1.165, 1.54) is 0 Å². The van der Waals surface area contributed by atoms with Crippen LogP contribution in [0.25, 0.3) is 0 Å². The van der Waals surface area contributed by atoms with Crippen molar-refractivity contribution in [2.45, 2.75) is 6.61 Å². The largest absolute Gasteiger partial charge is 0.457 e. The minimum Gasteiger partial charge on any atom is -0.457 e. The third-order valence-corrected chi connectivity index (χ3v) is 3.21. The number of nitrogens with zero attached hydrogens (tertiary/aromatic N) is 1. The van der Waals surface area contributed by atoms with Gasteiger partial charge in [0, 0.05) is 15.6 Å². The van der Waals surface area contributed by atoms with Crippen LogP contribution in [0.5, 0.6) is 0 Å². The molecule has 0 spiro atoms. The van der Waals surface area contributed by atoms with E-state index >= 15 is 0 Å². The fraction of sp³-hybridized carbons (Fsp3) is 0.0667.